The molecule has 2 rings (SSSR count). The molecule has 1 fully saturated rings. The molecule has 3 nitrogen and oxygen atoms in total. The number of aromatic nitrogens is 1. The third kappa shape index (κ3) is 2.80. The van der Waals surface area contributed by atoms with Gasteiger partial charge < -0.3 is 5.11 Å². The zero-order chi connectivity index (χ0) is 11.4. The van der Waals surface area contributed by atoms with Gasteiger partial charge in [0.1, 0.15) is 0 Å². The van der Waals surface area contributed by atoms with Gasteiger partial charge in [-0.05, 0) is 37.9 Å². The normalized spacial score (nSPS) is 24.2. The molecule has 3 heteroatoms. The number of likely N-dealkylation sites (tertiary alicyclic amines) is 1. The molecule has 1 N–H and O–H groups in total. The molecule has 0 aliphatic carbocycles. The Morgan fingerprint density at radius 1 is 1.56 bits per heavy atom. The Bertz CT molecular complexity index is 313. The molecule has 2 heterocycles. The maximum atomic E-state index is 9.51. The monoisotopic (exact) mass is 220 g/mol. The zero-order valence-corrected chi connectivity index (χ0v) is 9.84. The fourth-order valence-electron chi connectivity index (χ4n) is 2.50. The molecule has 0 radical (unpaired) electrons. The van der Waals surface area contributed by atoms with E-state index in [9.17, 15) is 5.11 Å². The molecule has 1 aromatic rings. The second kappa shape index (κ2) is 5.41. The molecule has 0 bridgehead atoms. The standard InChI is InChI=1S/C13H20N2O/c1-11(16)10-15-8-3-2-6-13(15)12-5-4-7-14-9-12/h4-5,7,9,11,13,16H,2-3,6,8,10H2,1H3/t11-,13+/m0/s1. The summed E-state index contributed by atoms with van der Waals surface area (Å²) in [5.74, 6) is 0. The van der Waals surface area contributed by atoms with Gasteiger partial charge in [0.25, 0.3) is 0 Å². The van der Waals surface area contributed by atoms with Gasteiger partial charge in [0, 0.05) is 25.0 Å². The number of hydrogen-bond donors (Lipinski definition) is 1. The molecule has 1 saturated heterocycles. The number of pyridine rings is 1. The first-order valence-corrected chi connectivity index (χ1v) is 6.09. The first kappa shape index (κ1) is 11.6. The van der Waals surface area contributed by atoms with Crippen molar-refractivity contribution in [2.24, 2.45) is 0 Å². The Morgan fingerprint density at radius 3 is 3.12 bits per heavy atom. The Kier molecular flexibility index (Phi) is 3.91. The van der Waals surface area contributed by atoms with Crippen LogP contribution in [0.25, 0.3) is 0 Å². The predicted octanol–water partition coefficient (Wildman–Crippen LogP) is 1.99. The second-order valence-electron chi connectivity index (χ2n) is 4.64. The molecular weight excluding hydrogens is 200 g/mol. The third-order valence-electron chi connectivity index (χ3n) is 3.18. The van der Waals surface area contributed by atoms with Crippen LogP contribution >= 0.6 is 0 Å². The lowest BCUT2D eigenvalue weighted by Crippen LogP contribution is -2.38. The predicted molar refractivity (Wildman–Crippen MR) is 64.1 cm³/mol. The van der Waals surface area contributed by atoms with E-state index in [2.05, 4.69) is 16.0 Å². The smallest absolute Gasteiger partial charge is 0.0639 e. The number of nitrogens with zero attached hydrogens (tertiary/aromatic N) is 2. The molecule has 0 saturated carbocycles. The van der Waals surface area contributed by atoms with E-state index in [4.69, 9.17) is 0 Å². The molecule has 0 amide bonds. The molecule has 1 aliphatic heterocycles. The van der Waals surface area contributed by atoms with Gasteiger partial charge in [-0.15, -0.1) is 0 Å². The van der Waals surface area contributed by atoms with Gasteiger partial charge in [0.15, 0.2) is 0 Å². The summed E-state index contributed by atoms with van der Waals surface area (Å²) in [5, 5.41) is 9.51. The minimum atomic E-state index is -0.253. The Hall–Kier alpha value is -0.930. The average Bonchev–Trinajstić information content (AvgIpc) is 2.30. The van der Waals surface area contributed by atoms with Gasteiger partial charge in [-0.2, -0.15) is 0 Å². The molecule has 1 aromatic heterocycles. The fourth-order valence-corrected chi connectivity index (χ4v) is 2.50. The summed E-state index contributed by atoms with van der Waals surface area (Å²) >= 11 is 0. The summed E-state index contributed by atoms with van der Waals surface area (Å²) in [6, 6.07) is 4.57. The lowest BCUT2D eigenvalue weighted by Gasteiger charge is -2.36. The SMILES string of the molecule is C[C@H](O)CN1CCCC[C@@H]1c1cccnc1. The minimum absolute atomic E-state index is 0.253. The van der Waals surface area contributed by atoms with E-state index in [1.807, 2.05) is 25.4 Å². The van der Waals surface area contributed by atoms with Crippen LogP contribution in [0.5, 0.6) is 0 Å². The first-order chi connectivity index (χ1) is 7.77. The Labute approximate surface area is 97.1 Å². The highest BCUT2D eigenvalue weighted by molar-refractivity contribution is 5.14. The number of aliphatic hydroxyl groups excluding tert-OH is 1. The molecular formula is C13H20N2O. The van der Waals surface area contributed by atoms with Crippen molar-refractivity contribution < 1.29 is 5.11 Å². The second-order valence-corrected chi connectivity index (χ2v) is 4.64. The maximum absolute atomic E-state index is 9.51. The van der Waals surface area contributed by atoms with Crippen LogP contribution in [0.4, 0.5) is 0 Å². The molecule has 16 heavy (non-hydrogen) atoms. The van der Waals surface area contributed by atoms with Crippen molar-refractivity contribution in [3.63, 3.8) is 0 Å². The van der Waals surface area contributed by atoms with Crippen molar-refractivity contribution in [2.75, 3.05) is 13.1 Å². The van der Waals surface area contributed by atoms with Crippen molar-refractivity contribution in [1.82, 2.24) is 9.88 Å². The summed E-state index contributed by atoms with van der Waals surface area (Å²) in [6.07, 6.45) is 7.20. The maximum Gasteiger partial charge on any atom is 0.0639 e. The summed E-state index contributed by atoms with van der Waals surface area (Å²) < 4.78 is 0. The highest BCUT2D eigenvalue weighted by Crippen LogP contribution is 2.30. The van der Waals surface area contributed by atoms with Crippen LogP contribution in [0.3, 0.4) is 0 Å². The highest BCUT2D eigenvalue weighted by atomic mass is 16.3. The number of piperidine rings is 1. The van der Waals surface area contributed by atoms with Crippen LogP contribution in [0.1, 0.15) is 37.8 Å². The van der Waals surface area contributed by atoms with E-state index in [1.54, 1.807) is 0 Å². The molecule has 1 aliphatic rings. The molecule has 2 atom stereocenters. The zero-order valence-electron chi connectivity index (χ0n) is 9.84. The summed E-state index contributed by atoms with van der Waals surface area (Å²) in [5.41, 5.74) is 1.28. The molecule has 0 unspecified atom stereocenters. The molecule has 0 spiro atoms. The minimum Gasteiger partial charge on any atom is -0.392 e. The topological polar surface area (TPSA) is 36.4 Å². The van der Waals surface area contributed by atoms with Gasteiger partial charge in [0.05, 0.1) is 6.10 Å². The lowest BCUT2D eigenvalue weighted by molar-refractivity contribution is 0.0761. The van der Waals surface area contributed by atoms with E-state index >= 15 is 0 Å². The van der Waals surface area contributed by atoms with Gasteiger partial charge in [-0.3, -0.25) is 9.88 Å². The number of aliphatic hydroxyl groups is 1. The van der Waals surface area contributed by atoms with E-state index < -0.39 is 0 Å². The first-order valence-electron chi connectivity index (χ1n) is 6.09. The van der Waals surface area contributed by atoms with E-state index in [0.717, 1.165) is 13.1 Å². The van der Waals surface area contributed by atoms with Crippen LogP contribution in [-0.2, 0) is 0 Å². The van der Waals surface area contributed by atoms with Crippen LogP contribution in [0.15, 0.2) is 24.5 Å². The molecule has 88 valence electrons. The van der Waals surface area contributed by atoms with Gasteiger partial charge in [0.2, 0.25) is 0 Å². The average molecular weight is 220 g/mol. The summed E-state index contributed by atoms with van der Waals surface area (Å²) in [4.78, 5) is 6.56. The molecule has 0 aromatic carbocycles. The lowest BCUT2D eigenvalue weighted by atomic mass is 9.96. The van der Waals surface area contributed by atoms with E-state index in [1.165, 1.54) is 24.8 Å². The van der Waals surface area contributed by atoms with Crippen molar-refractivity contribution in [2.45, 2.75) is 38.3 Å². The van der Waals surface area contributed by atoms with Crippen LogP contribution < -0.4 is 0 Å². The van der Waals surface area contributed by atoms with Crippen molar-refractivity contribution in [3.8, 4) is 0 Å². The Balaban J connectivity index is 2.10. The van der Waals surface area contributed by atoms with Crippen LogP contribution in [-0.4, -0.2) is 34.2 Å². The highest BCUT2D eigenvalue weighted by Gasteiger charge is 2.24. The van der Waals surface area contributed by atoms with Crippen molar-refractivity contribution in [1.29, 1.82) is 0 Å². The van der Waals surface area contributed by atoms with Gasteiger partial charge >= 0.3 is 0 Å². The van der Waals surface area contributed by atoms with E-state index in [0.29, 0.717) is 6.04 Å². The number of β-amino-alcohol motifs (C(OH)–C–C–N with tert-alkyl or cyclic N) is 1. The van der Waals surface area contributed by atoms with Crippen molar-refractivity contribution >= 4 is 0 Å². The third-order valence-corrected chi connectivity index (χ3v) is 3.18. The van der Waals surface area contributed by atoms with Crippen LogP contribution in [0, 0.1) is 0 Å². The largest absolute Gasteiger partial charge is 0.392 e. The Morgan fingerprint density at radius 2 is 2.44 bits per heavy atom. The number of hydrogen-bond acceptors (Lipinski definition) is 3. The summed E-state index contributed by atoms with van der Waals surface area (Å²) in [6.45, 7) is 3.71. The summed E-state index contributed by atoms with van der Waals surface area (Å²) in [7, 11) is 0. The van der Waals surface area contributed by atoms with Crippen molar-refractivity contribution in [3.05, 3.63) is 30.1 Å². The van der Waals surface area contributed by atoms with Crippen LogP contribution in [0.2, 0.25) is 0 Å². The van der Waals surface area contributed by atoms with Gasteiger partial charge in [-0.25, -0.2) is 0 Å². The van der Waals surface area contributed by atoms with E-state index in [-0.39, 0.29) is 6.10 Å². The quantitative estimate of drug-likeness (QED) is 0.846. The fraction of sp³-hybridized carbons (Fsp3) is 0.615. The van der Waals surface area contributed by atoms with Gasteiger partial charge in [-0.1, -0.05) is 12.5 Å². The number of rotatable bonds is 3.